The van der Waals surface area contributed by atoms with Crippen molar-refractivity contribution in [2.45, 2.75) is 83.0 Å². The second-order valence-corrected chi connectivity index (χ2v) is 9.86. The Balaban J connectivity index is 1.67. The number of ether oxygens (including phenoxy) is 1. The molecule has 9 nitrogen and oxygen atoms in total. The third-order valence-electron chi connectivity index (χ3n) is 7.56. The van der Waals surface area contributed by atoms with E-state index >= 15 is 0 Å². The number of carbonyl (C=O) groups is 3. The molecular weight excluding hydrogens is 458 g/mol. The van der Waals surface area contributed by atoms with Crippen LogP contribution < -0.4 is 26.4 Å². The summed E-state index contributed by atoms with van der Waals surface area (Å²) in [6.07, 6.45) is 5.09. The van der Waals surface area contributed by atoms with E-state index in [2.05, 4.69) is 16.0 Å². The van der Waals surface area contributed by atoms with E-state index in [9.17, 15) is 14.4 Å². The molecule has 5 atom stereocenters. The van der Waals surface area contributed by atoms with E-state index in [0.29, 0.717) is 25.8 Å². The van der Waals surface area contributed by atoms with Crippen molar-refractivity contribution in [3.8, 4) is 5.75 Å². The minimum atomic E-state index is -0.661. The molecule has 2 heterocycles. The van der Waals surface area contributed by atoms with Crippen LogP contribution in [0.5, 0.6) is 5.75 Å². The lowest BCUT2D eigenvalue weighted by Gasteiger charge is -2.32. The molecule has 0 saturated carbocycles. The molecule has 1 aromatic carbocycles. The SMILES string of the molecule is CCNCC[C@H]1CC[C@H]2CC[C@@H](C(=O)NCCc3ccc(OC)cc3)N2C(=O)[C@H]1NC(=O)[C@@H](N)CC. The van der Waals surface area contributed by atoms with Gasteiger partial charge in [-0.3, -0.25) is 14.4 Å². The van der Waals surface area contributed by atoms with Gasteiger partial charge in [0.1, 0.15) is 17.8 Å². The normalized spacial score (nSPS) is 24.6. The number of nitrogens with two attached hydrogens (primary N) is 1. The van der Waals surface area contributed by atoms with Gasteiger partial charge in [-0.2, -0.15) is 0 Å². The first kappa shape index (κ1) is 27.9. The molecule has 2 saturated heterocycles. The van der Waals surface area contributed by atoms with Crippen LogP contribution >= 0.6 is 0 Å². The molecule has 1 aromatic rings. The maximum Gasteiger partial charge on any atom is 0.246 e. The molecule has 2 aliphatic rings. The van der Waals surface area contributed by atoms with Crippen molar-refractivity contribution in [2.75, 3.05) is 26.7 Å². The maximum atomic E-state index is 13.8. The average Bonchev–Trinajstić information content (AvgIpc) is 3.28. The average molecular weight is 502 g/mol. The van der Waals surface area contributed by atoms with Crippen LogP contribution in [0.4, 0.5) is 0 Å². The molecule has 2 aliphatic heterocycles. The Morgan fingerprint density at radius 2 is 1.83 bits per heavy atom. The van der Waals surface area contributed by atoms with Crippen molar-refractivity contribution in [1.29, 1.82) is 0 Å². The Labute approximate surface area is 214 Å². The zero-order valence-corrected chi connectivity index (χ0v) is 21.9. The lowest BCUT2D eigenvalue weighted by Crippen LogP contribution is -2.58. The predicted octanol–water partition coefficient (Wildman–Crippen LogP) is 1.35. The minimum absolute atomic E-state index is 0.00828. The number of benzene rings is 1. The molecular formula is C27H43N5O4. The topological polar surface area (TPSA) is 126 Å². The zero-order valence-electron chi connectivity index (χ0n) is 21.9. The fraction of sp³-hybridized carbons (Fsp3) is 0.667. The van der Waals surface area contributed by atoms with Crippen LogP contribution in [0.15, 0.2) is 24.3 Å². The molecule has 36 heavy (non-hydrogen) atoms. The fourth-order valence-corrected chi connectivity index (χ4v) is 5.33. The Hall–Kier alpha value is -2.65. The standard InChI is InChI=1S/C27H43N5O4/c1-4-22(28)25(33)31-24-19(15-16-29-5-2)8-9-20-10-13-23(32(20)27(24)35)26(34)30-17-14-18-6-11-21(36-3)12-7-18/h6-7,11-12,19-20,22-24,29H,4-5,8-10,13-17,28H2,1-3H3,(H,30,34)(H,31,33)/t19-,20+,22+,23+,24+/m1/s1. The molecule has 3 rings (SSSR count). The lowest BCUT2D eigenvalue weighted by molar-refractivity contribution is -0.143. The van der Waals surface area contributed by atoms with Crippen LogP contribution in [0.2, 0.25) is 0 Å². The maximum absolute atomic E-state index is 13.8. The van der Waals surface area contributed by atoms with E-state index in [4.69, 9.17) is 10.5 Å². The lowest BCUT2D eigenvalue weighted by atomic mass is 9.90. The highest BCUT2D eigenvalue weighted by atomic mass is 16.5. The van der Waals surface area contributed by atoms with Crippen LogP contribution in [0.1, 0.15) is 57.9 Å². The van der Waals surface area contributed by atoms with Crippen LogP contribution in [0.3, 0.4) is 0 Å². The molecule has 0 spiro atoms. The first-order chi connectivity index (χ1) is 17.4. The molecule has 200 valence electrons. The summed E-state index contributed by atoms with van der Waals surface area (Å²) in [6, 6.07) is 5.98. The second kappa shape index (κ2) is 13.6. The van der Waals surface area contributed by atoms with Gasteiger partial charge in [-0.05, 0) is 81.6 Å². The van der Waals surface area contributed by atoms with Crippen LogP contribution in [0.25, 0.3) is 0 Å². The van der Waals surface area contributed by atoms with Gasteiger partial charge in [-0.15, -0.1) is 0 Å². The summed E-state index contributed by atoms with van der Waals surface area (Å²) in [6.45, 7) is 6.02. The molecule has 5 N–H and O–H groups in total. The third-order valence-corrected chi connectivity index (χ3v) is 7.56. The number of nitrogens with one attached hydrogen (secondary N) is 3. The summed E-state index contributed by atoms with van der Waals surface area (Å²) in [5.74, 6) is 0.227. The van der Waals surface area contributed by atoms with Gasteiger partial charge in [0.2, 0.25) is 17.7 Å². The molecule has 2 fully saturated rings. The van der Waals surface area contributed by atoms with Gasteiger partial charge in [0.25, 0.3) is 0 Å². The molecule has 0 aliphatic carbocycles. The number of amides is 3. The highest BCUT2D eigenvalue weighted by Crippen LogP contribution is 2.35. The molecule has 0 radical (unpaired) electrons. The largest absolute Gasteiger partial charge is 0.497 e. The quantitative estimate of drug-likeness (QED) is 0.320. The Kier molecular flexibility index (Phi) is 10.6. The molecule has 0 unspecified atom stereocenters. The first-order valence-corrected chi connectivity index (χ1v) is 13.4. The number of nitrogens with zero attached hydrogens (tertiary/aromatic N) is 1. The Morgan fingerprint density at radius 3 is 2.50 bits per heavy atom. The van der Waals surface area contributed by atoms with Gasteiger partial charge >= 0.3 is 0 Å². The third kappa shape index (κ3) is 6.97. The van der Waals surface area contributed by atoms with Crippen molar-refractivity contribution in [3.63, 3.8) is 0 Å². The molecule has 3 amide bonds. The predicted molar refractivity (Wildman–Crippen MR) is 139 cm³/mol. The summed E-state index contributed by atoms with van der Waals surface area (Å²) in [5.41, 5.74) is 7.07. The number of hydrogen-bond donors (Lipinski definition) is 4. The van der Waals surface area contributed by atoms with Crippen molar-refractivity contribution in [1.82, 2.24) is 20.9 Å². The van der Waals surface area contributed by atoms with Crippen LogP contribution in [-0.4, -0.2) is 73.5 Å². The van der Waals surface area contributed by atoms with Gasteiger partial charge in [-0.1, -0.05) is 26.0 Å². The van der Waals surface area contributed by atoms with Crippen LogP contribution in [-0.2, 0) is 20.8 Å². The summed E-state index contributed by atoms with van der Waals surface area (Å²) in [5, 5.41) is 9.31. The van der Waals surface area contributed by atoms with E-state index in [0.717, 1.165) is 50.1 Å². The summed E-state index contributed by atoms with van der Waals surface area (Å²) < 4.78 is 5.19. The number of carbonyl (C=O) groups excluding carboxylic acids is 3. The smallest absolute Gasteiger partial charge is 0.246 e. The second-order valence-electron chi connectivity index (χ2n) is 9.86. The molecule has 9 heteroatoms. The van der Waals surface area contributed by atoms with Gasteiger partial charge < -0.3 is 31.3 Å². The van der Waals surface area contributed by atoms with Crippen molar-refractivity contribution < 1.29 is 19.1 Å². The van der Waals surface area contributed by atoms with E-state index < -0.39 is 18.1 Å². The van der Waals surface area contributed by atoms with Crippen LogP contribution in [0, 0.1) is 5.92 Å². The highest BCUT2D eigenvalue weighted by Gasteiger charge is 2.47. The number of rotatable bonds is 12. The van der Waals surface area contributed by atoms with Gasteiger partial charge in [0.05, 0.1) is 13.2 Å². The fourth-order valence-electron chi connectivity index (χ4n) is 5.33. The van der Waals surface area contributed by atoms with Crippen molar-refractivity contribution >= 4 is 17.7 Å². The molecule has 0 aromatic heterocycles. The Morgan fingerprint density at radius 1 is 1.11 bits per heavy atom. The van der Waals surface area contributed by atoms with E-state index in [1.165, 1.54) is 0 Å². The van der Waals surface area contributed by atoms with E-state index in [1.807, 2.05) is 38.1 Å². The van der Waals surface area contributed by atoms with Gasteiger partial charge in [0, 0.05) is 12.6 Å². The summed E-state index contributed by atoms with van der Waals surface area (Å²) in [4.78, 5) is 41.5. The summed E-state index contributed by atoms with van der Waals surface area (Å²) >= 11 is 0. The summed E-state index contributed by atoms with van der Waals surface area (Å²) in [7, 11) is 1.63. The van der Waals surface area contributed by atoms with Gasteiger partial charge in [-0.25, -0.2) is 0 Å². The number of methoxy groups -OCH3 is 1. The first-order valence-electron chi connectivity index (χ1n) is 13.4. The number of fused-ring (bicyclic) bond motifs is 1. The van der Waals surface area contributed by atoms with Crippen molar-refractivity contribution in [2.24, 2.45) is 11.7 Å². The minimum Gasteiger partial charge on any atom is -0.497 e. The Bertz CT molecular complexity index is 877. The monoisotopic (exact) mass is 501 g/mol. The van der Waals surface area contributed by atoms with E-state index in [-0.39, 0.29) is 29.7 Å². The zero-order chi connectivity index (χ0) is 26.1. The number of hydrogen-bond acceptors (Lipinski definition) is 6. The highest BCUT2D eigenvalue weighted by molar-refractivity contribution is 5.94. The van der Waals surface area contributed by atoms with E-state index in [1.54, 1.807) is 12.0 Å². The molecule has 0 bridgehead atoms. The van der Waals surface area contributed by atoms with Gasteiger partial charge in [0.15, 0.2) is 0 Å². The van der Waals surface area contributed by atoms with Crippen molar-refractivity contribution in [3.05, 3.63) is 29.8 Å².